The SMILES string of the molecule is CN(CCCCCO)S(=O)(=O)CCS(C)(=O)=O. The van der Waals surface area contributed by atoms with Crippen LogP contribution in [-0.2, 0) is 19.9 Å². The van der Waals surface area contributed by atoms with E-state index in [1.54, 1.807) is 0 Å². The first-order chi connectivity index (χ1) is 7.69. The molecule has 8 heteroatoms. The molecule has 0 aromatic heterocycles. The molecule has 0 aromatic carbocycles. The fourth-order valence-electron chi connectivity index (χ4n) is 1.17. The Morgan fingerprint density at radius 3 is 2.06 bits per heavy atom. The number of aliphatic hydroxyl groups is 1. The number of hydrogen-bond donors (Lipinski definition) is 1. The van der Waals surface area contributed by atoms with Crippen molar-refractivity contribution in [2.24, 2.45) is 0 Å². The fraction of sp³-hybridized carbons (Fsp3) is 1.00. The van der Waals surface area contributed by atoms with E-state index in [2.05, 4.69) is 0 Å². The predicted molar refractivity (Wildman–Crippen MR) is 67.1 cm³/mol. The molecule has 0 aromatic rings. The molecule has 0 heterocycles. The number of sulfone groups is 1. The van der Waals surface area contributed by atoms with E-state index < -0.39 is 19.9 Å². The Morgan fingerprint density at radius 1 is 1.00 bits per heavy atom. The second-order valence-corrected chi connectivity index (χ2v) is 8.51. The van der Waals surface area contributed by atoms with E-state index in [0.29, 0.717) is 19.4 Å². The molecule has 0 rings (SSSR count). The summed E-state index contributed by atoms with van der Waals surface area (Å²) in [7, 11) is -5.31. The minimum absolute atomic E-state index is 0.102. The topological polar surface area (TPSA) is 91.8 Å². The van der Waals surface area contributed by atoms with Crippen molar-refractivity contribution in [3.05, 3.63) is 0 Å². The van der Waals surface area contributed by atoms with Crippen molar-refractivity contribution in [2.45, 2.75) is 19.3 Å². The van der Waals surface area contributed by atoms with Gasteiger partial charge < -0.3 is 5.11 Å². The normalized spacial score (nSPS) is 13.2. The summed E-state index contributed by atoms with van der Waals surface area (Å²) < 4.78 is 46.3. The molecule has 1 N–H and O–H groups in total. The molecular weight excluding hydrogens is 266 g/mol. The summed E-state index contributed by atoms with van der Waals surface area (Å²) in [5.41, 5.74) is 0. The van der Waals surface area contributed by atoms with Crippen molar-refractivity contribution in [1.82, 2.24) is 4.31 Å². The van der Waals surface area contributed by atoms with Crippen molar-refractivity contribution >= 4 is 19.9 Å². The Kier molecular flexibility index (Phi) is 7.22. The Balaban J connectivity index is 4.12. The highest BCUT2D eigenvalue weighted by Crippen LogP contribution is 2.03. The van der Waals surface area contributed by atoms with Gasteiger partial charge in [0.1, 0.15) is 9.84 Å². The molecule has 0 fully saturated rings. The second-order valence-electron chi connectivity index (χ2n) is 4.05. The van der Waals surface area contributed by atoms with Crippen molar-refractivity contribution in [3.8, 4) is 0 Å². The van der Waals surface area contributed by atoms with Crippen LogP contribution in [0.4, 0.5) is 0 Å². The first-order valence-corrected chi connectivity index (χ1v) is 9.08. The lowest BCUT2D eigenvalue weighted by molar-refractivity contribution is 0.281. The largest absolute Gasteiger partial charge is 0.396 e. The summed E-state index contributed by atoms with van der Waals surface area (Å²) in [4.78, 5) is 0. The van der Waals surface area contributed by atoms with Crippen LogP contribution in [0, 0.1) is 0 Å². The maximum absolute atomic E-state index is 11.7. The van der Waals surface area contributed by atoms with Crippen LogP contribution in [0.15, 0.2) is 0 Å². The van der Waals surface area contributed by atoms with E-state index in [-0.39, 0.29) is 18.1 Å². The molecule has 0 bridgehead atoms. The number of aliphatic hydroxyl groups excluding tert-OH is 1. The highest BCUT2D eigenvalue weighted by atomic mass is 32.2. The van der Waals surface area contributed by atoms with Crippen LogP contribution in [-0.4, -0.2) is 64.2 Å². The van der Waals surface area contributed by atoms with Gasteiger partial charge in [0.05, 0.1) is 11.5 Å². The summed E-state index contributed by atoms with van der Waals surface area (Å²) >= 11 is 0. The van der Waals surface area contributed by atoms with Gasteiger partial charge in [-0.3, -0.25) is 0 Å². The molecule has 0 radical (unpaired) electrons. The van der Waals surface area contributed by atoms with Crippen LogP contribution in [0.2, 0.25) is 0 Å². The van der Waals surface area contributed by atoms with E-state index >= 15 is 0 Å². The maximum atomic E-state index is 11.7. The zero-order valence-electron chi connectivity index (χ0n) is 10.3. The van der Waals surface area contributed by atoms with Crippen molar-refractivity contribution in [2.75, 3.05) is 38.0 Å². The van der Waals surface area contributed by atoms with Gasteiger partial charge in [-0.15, -0.1) is 0 Å². The van der Waals surface area contributed by atoms with E-state index in [0.717, 1.165) is 12.7 Å². The van der Waals surface area contributed by atoms with Crippen LogP contribution in [0.25, 0.3) is 0 Å². The summed E-state index contributed by atoms with van der Waals surface area (Å²) in [5.74, 6) is -0.724. The van der Waals surface area contributed by atoms with Crippen LogP contribution in [0.3, 0.4) is 0 Å². The Hall–Kier alpha value is -0.180. The highest BCUT2D eigenvalue weighted by molar-refractivity contribution is 7.93. The van der Waals surface area contributed by atoms with Crippen molar-refractivity contribution in [3.63, 3.8) is 0 Å². The van der Waals surface area contributed by atoms with Crippen molar-refractivity contribution in [1.29, 1.82) is 0 Å². The van der Waals surface area contributed by atoms with E-state index in [4.69, 9.17) is 5.11 Å². The molecule has 0 saturated heterocycles. The highest BCUT2D eigenvalue weighted by Gasteiger charge is 2.19. The third-order valence-corrected chi connectivity index (χ3v) is 5.37. The average Bonchev–Trinajstić information content (AvgIpc) is 2.20. The molecule has 0 spiro atoms. The molecule has 0 unspecified atom stereocenters. The minimum atomic E-state index is -3.49. The van der Waals surface area contributed by atoms with Gasteiger partial charge in [0.25, 0.3) is 0 Å². The molecule has 104 valence electrons. The monoisotopic (exact) mass is 287 g/mol. The quantitative estimate of drug-likeness (QED) is 0.575. The maximum Gasteiger partial charge on any atom is 0.214 e. The molecule has 0 aliphatic rings. The standard InChI is InChI=1S/C9H21NO5S2/c1-10(6-4-3-5-7-11)17(14,15)9-8-16(2,12)13/h11H,3-9H2,1-2H3. The third-order valence-electron chi connectivity index (χ3n) is 2.32. The molecule has 17 heavy (non-hydrogen) atoms. The summed E-state index contributed by atoms with van der Waals surface area (Å²) in [6.07, 6.45) is 3.08. The summed E-state index contributed by atoms with van der Waals surface area (Å²) in [6.45, 7) is 0.455. The van der Waals surface area contributed by atoms with Crippen molar-refractivity contribution < 1.29 is 21.9 Å². The number of sulfonamides is 1. The van der Waals surface area contributed by atoms with E-state index in [1.807, 2.05) is 0 Å². The van der Waals surface area contributed by atoms with Gasteiger partial charge in [0.15, 0.2) is 0 Å². The van der Waals surface area contributed by atoms with Gasteiger partial charge in [0, 0.05) is 26.5 Å². The number of rotatable bonds is 9. The van der Waals surface area contributed by atoms with Gasteiger partial charge in [-0.25, -0.2) is 21.1 Å². The van der Waals surface area contributed by atoms with Crippen LogP contribution < -0.4 is 0 Å². The Morgan fingerprint density at radius 2 is 1.59 bits per heavy atom. The first kappa shape index (κ1) is 16.8. The molecule has 0 saturated carbocycles. The van der Waals surface area contributed by atoms with Gasteiger partial charge in [-0.2, -0.15) is 0 Å². The fourth-order valence-corrected chi connectivity index (χ4v) is 3.95. The second kappa shape index (κ2) is 7.30. The molecule has 6 nitrogen and oxygen atoms in total. The van der Waals surface area contributed by atoms with Crippen LogP contribution >= 0.6 is 0 Å². The number of hydrogen-bond acceptors (Lipinski definition) is 5. The van der Waals surface area contributed by atoms with E-state index in [9.17, 15) is 16.8 Å². The zero-order chi connectivity index (χ0) is 13.5. The third kappa shape index (κ3) is 8.53. The van der Waals surface area contributed by atoms with Crippen LogP contribution in [0.5, 0.6) is 0 Å². The first-order valence-electron chi connectivity index (χ1n) is 5.41. The Labute approximate surface area is 104 Å². The molecule has 0 amide bonds. The molecular formula is C9H21NO5S2. The lowest BCUT2D eigenvalue weighted by Crippen LogP contribution is -2.32. The van der Waals surface area contributed by atoms with Crippen LogP contribution in [0.1, 0.15) is 19.3 Å². The number of nitrogens with zero attached hydrogens (tertiary/aromatic N) is 1. The van der Waals surface area contributed by atoms with Gasteiger partial charge in [-0.1, -0.05) is 0 Å². The molecule has 0 aliphatic carbocycles. The summed E-state index contributed by atoms with van der Waals surface area (Å²) in [6, 6.07) is 0. The Bertz CT molecular complexity index is 401. The predicted octanol–water partition coefficient (Wildman–Crippen LogP) is -0.545. The zero-order valence-corrected chi connectivity index (χ0v) is 11.9. The molecule has 0 atom stereocenters. The molecule has 0 aliphatic heterocycles. The average molecular weight is 287 g/mol. The van der Waals surface area contributed by atoms with Gasteiger partial charge in [0.2, 0.25) is 10.0 Å². The van der Waals surface area contributed by atoms with E-state index in [1.165, 1.54) is 11.4 Å². The lowest BCUT2D eigenvalue weighted by atomic mass is 10.2. The van der Waals surface area contributed by atoms with Gasteiger partial charge in [-0.05, 0) is 19.3 Å². The lowest BCUT2D eigenvalue weighted by Gasteiger charge is -2.16. The smallest absolute Gasteiger partial charge is 0.214 e. The number of unbranched alkanes of at least 4 members (excludes halogenated alkanes) is 2. The van der Waals surface area contributed by atoms with Gasteiger partial charge >= 0.3 is 0 Å². The minimum Gasteiger partial charge on any atom is -0.396 e. The summed E-state index contributed by atoms with van der Waals surface area (Å²) in [5, 5.41) is 8.57.